The summed E-state index contributed by atoms with van der Waals surface area (Å²) in [5, 5.41) is 2.87. The number of hydrogen-bond donors (Lipinski definition) is 1. The summed E-state index contributed by atoms with van der Waals surface area (Å²) in [6, 6.07) is 6.30. The zero-order valence-electron chi connectivity index (χ0n) is 8.63. The highest BCUT2D eigenvalue weighted by Crippen LogP contribution is 2.25. The standard InChI is InChI=1S/C12H15NO/c1-8(2)10-5-3-4-9-7-13-12(14)6-11(9)10/h3-5,8H,6-7H2,1-2H3,(H,13,14). The van der Waals surface area contributed by atoms with Crippen LogP contribution in [0.5, 0.6) is 0 Å². The molecule has 0 saturated heterocycles. The zero-order valence-corrected chi connectivity index (χ0v) is 8.63. The van der Waals surface area contributed by atoms with Crippen molar-refractivity contribution >= 4 is 5.91 Å². The fourth-order valence-corrected chi connectivity index (χ4v) is 1.99. The third-order valence-corrected chi connectivity index (χ3v) is 2.74. The number of carbonyl (C=O) groups is 1. The van der Waals surface area contributed by atoms with Crippen molar-refractivity contribution in [3.63, 3.8) is 0 Å². The molecule has 74 valence electrons. The predicted molar refractivity (Wildman–Crippen MR) is 56.1 cm³/mol. The van der Waals surface area contributed by atoms with Crippen LogP contribution >= 0.6 is 0 Å². The van der Waals surface area contributed by atoms with Gasteiger partial charge in [-0.1, -0.05) is 32.0 Å². The summed E-state index contributed by atoms with van der Waals surface area (Å²) in [4.78, 5) is 11.3. The van der Waals surface area contributed by atoms with Gasteiger partial charge in [0.05, 0.1) is 6.42 Å². The quantitative estimate of drug-likeness (QED) is 0.719. The molecule has 1 aliphatic heterocycles. The highest BCUT2D eigenvalue weighted by Gasteiger charge is 2.18. The van der Waals surface area contributed by atoms with E-state index in [0.717, 1.165) is 0 Å². The number of benzene rings is 1. The molecule has 0 bridgehead atoms. The molecule has 0 aliphatic carbocycles. The maximum Gasteiger partial charge on any atom is 0.224 e. The van der Waals surface area contributed by atoms with Gasteiger partial charge in [0.2, 0.25) is 5.91 Å². The number of hydrogen-bond acceptors (Lipinski definition) is 1. The lowest BCUT2D eigenvalue weighted by atomic mass is 9.89. The topological polar surface area (TPSA) is 29.1 Å². The summed E-state index contributed by atoms with van der Waals surface area (Å²) in [5.41, 5.74) is 3.83. The molecule has 0 unspecified atom stereocenters. The average Bonchev–Trinajstić information content (AvgIpc) is 2.16. The summed E-state index contributed by atoms with van der Waals surface area (Å²) in [7, 11) is 0. The lowest BCUT2D eigenvalue weighted by Gasteiger charge is -2.21. The smallest absolute Gasteiger partial charge is 0.224 e. The van der Waals surface area contributed by atoms with Crippen LogP contribution in [0.3, 0.4) is 0 Å². The Balaban J connectivity index is 2.48. The second kappa shape index (κ2) is 3.45. The molecule has 1 aliphatic rings. The van der Waals surface area contributed by atoms with Crippen LogP contribution in [0.2, 0.25) is 0 Å². The van der Waals surface area contributed by atoms with Gasteiger partial charge in [0.1, 0.15) is 0 Å². The van der Waals surface area contributed by atoms with Crippen molar-refractivity contribution in [2.24, 2.45) is 0 Å². The van der Waals surface area contributed by atoms with Crippen LogP contribution < -0.4 is 5.32 Å². The van der Waals surface area contributed by atoms with E-state index in [1.165, 1.54) is 16.7 Å². The molecule has 0 radical (unpaired) electrons. The van der Waals surface area contributed by atoms with Crippen LogP contribution in [0.1, 0.15) is 36.5 Å². The molecule has 1 heterocycles. The van der Waals surface area contributed by atoms with E-state index >= 15 is 0 Å². The Hall–Kier alpha value is -1.31. The first-order valence-corrected chi connectivity index (χ1v) is 5.06. The zero-order chi connectivity index (χ0) is 10.1. The minimum Gasteiger partial charge on any atom is -0.352 e. The van der Waals surface area contributed by atoms with Crippen LogP contribution in [0, 0.1) is 0 Å². The molecule has 0 saturated carbocycles. The van der Waals surface area contributed by atoms with Gasteiger partial charge < -0.3 is 5.32 Å². The highest BCUT2D eigenvalue weighted by atomic mass is 16.1. The van der Waals surface area contributed by atoms with Crippen LogP contribution in [0.15, 0.2) is 18.2 Å². The largest absolute Gasteiger partial charge is 0.352 e. The van der Waals surface area contributed by atoms with Crippen molar-refractivity contribution in [3.05, 3.63) is 34.9 Å². The summed E-state index contributed by atoms with van der Waals surface area (Å²) in [6.07, 6.45) is 0.545. The normalized spacial score (nSPS) is 15.2. The fourth-order valence-electron chi connectivity index (χ4n) is 1.99. The van der Waals surface area contributed by atoms with Crippen molar-refractivity contribution in [1.29, 1.82) is 0 Å². The molecule has 0 atom stereocenters. The van der Waals surface area contributed by atoms with Gasteiger partial charge in [-0.05, 0) is 22.6 Å². The molecule has 14 heavy (non-hydrogen) atoms. The number of nitrogens with one attached hydrogen (secondary N) is 1. The van der Waals surface area contributed by atoms with Crippen LogP contribution in [-0.2, 0) is 17.8 Å². The third-order valence-electron chi connectivity index (χ3n) is 2.74. The first kappa shape index (κ1) is 9.25. The van der Waals surface area contributed by atoms with Crippen LogP contribution in [0.25, 0.3) is 0 Å². The van der Waals surface area contributed by atoms with Crippen molar-refractivity contribution < 1.29 is 4.79 Å². The van der Waals surface area contributed by atoms with Gasteiger partial charge in [-0.15, -0.1) is 0 Å². The van der Waals surface area contributed by atoms with Gasteiger partial charge in [-0.2, -0.15) is 0 Å². The Morgan fingerprint density at radius 2 is 2.14 bits per heavy atom. The molecular weight excluding hydrogens is 174 g/mol. The lowest BCUT2D eigenvalue weighted by Crippen LogP contribution is -2.31. The summed E-state index contributed by atoms with van der Waals surface area (Å²) in [5.74, 6) is 0.640. The Morgan fingerprint density at radius 3 is 2.86 bits per heavy atom. The van der Waals surface area contributed by atoms with E-state index in [1.807, 2.05) is 0 Å². The van der Waals surface area contributed by atoms with E-state index in [2.05, 4.69) is 37.4 Å². The van der Waals surface area contributed by atoms with E-state index in [9.17, 15) is 4.79 Å². The molecule has 2 heteroatoms. The molecule has 2 nitrogen and oxygen atoms in total. The Labute approximate surface area is 84.3 Å². The molecule has 0 fully saturated rings. The molecule has 1 aromatic rings. The van der Waals surface area contributed by atoms with Gasteiger partial charge >= 0.3 is 0 Å². The van der Waals surface area contributed by atoms with Gasteiger partial charge in [0.25, 0.3) is 0 Å². The predicted octanol–water partition coefficient (Wildman–Crippen LogP) is 1.98. The van der Waals surface area contributed by atoms with Crippen molar-refractivity contribution in [2.45, 2.75) is 32.7 Å². The van der Waals surface area contributed by atoms with Gasteiger partial charge in [-0.25, -0.2) is 0 Å². The number of fused-ring (bicyclic) bond motifs is 1. The van der Waals surface area contributed by atoms with E-state index in [1.54, 1.807) is 0 Å². The van der Waals surface area contributed by atoms with E-state index < -0.39 is 0 Å². The maximum absolute atomic E-state index is 11.3. The van der Waals surface area contributed by atoms with Crippen molar-refractivity contribution in [2.75, 3.05) is 0 Å². The minimum absolute atomic E-state index is 0.144. The molecule has 2 rings (SSSR count). The number of rotatable bonds is 1. The van der Waals surface area contributed by atoms with Gasteiger partial charge in [0.15, 0.2) is 0 Å². The Morgan fingerprint density at radius 1 is 1.36 bits per heavy atom. The number of amides is 1. The SMILES string of the molecule is CC(C)c1cccc2c1CC(=O)NC2. The van der Waals surface area contributed by atoms with Gasteiger partial charge in [-0.3, -0.25) is 4.79 Å². The fraction of sp³-hybridized carbons (Fsp3) is 0.417. The summed E-state index contributed by atoms with van der Waals surface area (Å²) < 4.78 is 0. The summed E-state index contributed by atoms with van der Waals surface area (Å²) in [6.45, 7) is 5.03. The van der Waals surface area contributed by atoms with Crippen molar-refractivity contribution in [3.8, 4) is 0 Å². The Kier molecular flexibility index (Phi) is 2.28. The van der Waals surface area contributed by atoms with E-state index in [0.29, 0.717) is 18.9 Å². The molecule has 1 N–H and O–H groups in total. The molecule has 0 spiro atoms. The van der Waals surface area contributed by atoms with E-state index in [-0.39, 0.29) is 5.91 Å². The third kappa shape index (κ3) is 1.52. The first-order chi connectivity index (χ1) is 6.68. The molecule has 1 amide bonds. The first-order valence-electron chi connectivity index (χ1n) is 5.06. The lowest BCUT2D eigenvalue weighted by molar-refractivity contribution is -0.121. The van der Waals surface area contributed by atoms with Crippen LogP contribution in [-0.4, -0.2) is 5.91 Å². The second-order valence-corrected chi connectivity index (χ2v) is 4.09. The van der Waals surface area contributed by atoms with Crippen molar-refractivity contribution in [1.82, 2.24) is 5.32 Å². The van der Waals surface area contributed by atoms with Crippen LogP contribution in [0.4, 0.5) is 0 Å². The second-order valence-electron chi connectivity index (χ2n) is 4.09. The highest BCUT2D eigenvalue weighted by molar-refractivity contribution is 5.81. The molecule has 1 aromatic carbocycles. The molecular formula is C12H15NO. The maximum atomic E-state index is 11.3. The van der Waals surface area contributed by atoms with E-state index in [4.69, 9.17) is 0 Å². The Bertz CT molecular complexity index is 369. The molecule has 0 aromatic heterocycles. The van der Waals surface area contributed by atoms with Gasteiger partial charge in [0, 0.05) is 6.54 Å². The minimum atomic E-state index is 0.144. The monoisotopic (exact) mass is 189 g/mol. The summed E-state index contributed by atoms with van der Waals surface area (Å²) >= 11 is 0. The number of carbonyl (C=O) groups excluding carboxylic acids is 1. The average molecular weight is 189 g/mol.